The van der Waals surface area contributed by atoms with Crippen LogP contribution >= 0.6 is 0 Å². The number of rotatable bonds is 7. The first kappa shape index (κ1) is 23.2. The van der Waals surface area contributed by atoms with Gasteiger partial charge in [0, 0.05) is 11.7 Å². The summed E-state index contributed by atoms with van der Waals surface area (Å²) in [6.07, 6.45) is 4.32. The Bertz CT molecular complexity index is 1010. The lowest BCUT2D eigenvalue weighted by Crippen LogP contribution is -2.36. The van der Waals surface area contributed by atoms with Crippen molar-refractivity contribution in [2.75, 3.05) is 32.6 Å². The summed E-state index contributed by atoms with van der Waals surface area (Å²) >= 11 is 0. The zero-order valence-corrected chi connectivity index (χ0v) is 19.2. The first-order valence-corrected chi connectivity index (χ1v) is 12.0. The first-order valence-electron chi connectivity index (χ1n) is 10.6. The third kappa shape index (κ3) is 5.84. The van der Waals surface area contributed by atoms with Gasteiger partial charge in [-0.3, -0.25) is 9.69 Å². The Morgan fingerprint density at radius 1 is 1.13 bits per heavy atom. The van der Waals surface area contributed by atoms with Gasteiger partial charge in [0.25, 0.3) is 0 Å². The van der Waals surface area contributed by atoms with Crippen LogP contribution in [0.4, 0.5) is 5.69 Å². The number of carbonyl (C=O) groups is 1. The van der Waals surface area contributed by atoms with Crippen LogP contribution in [0.2, 0.25) is 0 Å². The molecule has 7 nitrogen and oxygen atoms in total. The maximum atomic E-state index is 12.8. The summed E-state index contributed by atoms with van der Waals surface area (Å²) in [6.45, 7) is 2.82. The number of hydrogen-bond donors (Lipinski definition) is 2. The van der Waals surface area contributed by atoms with E-state index in [4.69, 9.17) is 4.74 Å². The highest BCUT2D eigenvalue weighted by Crippen LogP contribution is 2.31. The molecule has 8 heteroatoms. The molecule has 0 radical (unpaired) electrons. The van der Waals surface area contributed by atoms with E-state index in [1.807, 2.05) is 12.1 Å². The first-order chi connectivity index (χ1) is 14.8. The van der Waals surface area contributed by atoms with Crippen molar-refractivity contribution in [1.29, 1.82) is 0 Å². The molecule has 2 N–H and O–H groups in total. The summed E-state index contributed by atoms with van der Waals surface area (Å²) in [5.41, 5.74) is 2.27. The van der Waals surface area contributed by atoms with Gasteiger partial charge in [-0.25, -0.2) is 13.1 Å². The predicted octanol–water partition coefficient (Wildman–Crippen LogP) is 3.47. The fourth-order valence-electron chi connectivity index (χ4n) is 4.02. The lowest BCUT2D eigenvalue weighted by Gasteiger charge is -2.30. The molecule has 31 heavy (non-hydrogen) atoms. The van der Waals surface area contributed by atoms with Gasteiger partial charge in [-0.15, -0.1) is 0 Å². The van der Waals surface area contributed by atoms with Gasteiger partial charge in [-0.1, -0.05) is 31.0 Å². The second-order valence-electron chi connectivity index (χ2n) is 7.84. The number of nitrogens with zero attached hydrogens (tertiary/aromatic N) is 1. The molecule has 168 valence electrons. The molecular formula is C23H31N3O4S. The van der Waals surface area contributed by atoms with Crippen LogP contribution in [0, 0.1) is 6.92 Å². The predicted molar refractivity (Wildman–Crippen MR) is 122 cm³/mol. The van der Waals surface area contributed by atoms with E-state index in [9.17, 15) is 13.2 Å². The van der Waals surface area contributed by atoms with Gasteiger partial charge in [-0.2, -0.15) is 0 Å². The van der Waals surface area contributed by atoms with Crippen molar-refractivity contribution < 1.29 is 17.9 Å². The minimum Gasteiger partial charge on any atom is -0.497 e. The van der Waals surface area contributed by atoms with Crippen LogP contribution in [0.3, 0.4) is 0 Å². The highest BCUT2D eigenvalue weighted by atomic mass is 32.2. The second-order valence-corrected chi connectivity index (χ2v) is 9.70. The Morgan fingerprint density at radius 3 is 2.55 bits per heavy atom. The number of ether oxygens (including phenoxy) is 1. The van der Waals surface area contributed by atoms with Crippen LogP contribution in [0.5, 0.6) is 5.75 Å². The summed E-state index contributed by atoms with van der Waals surface area (Å²) in [6, 6.07) is 13.1. The maximum Gasteiger partial charge on any atom is 0.240 e. The largest absolute Gasteiger partial charge is 0.497 e. The molecule has 2 aromatic rings. The van der Waals surface area contributed by atoms with Crippen molar-refractivity contribution in [3.8, 4) is 5.75 Å². The number of carbonyl (C=O) groups excluding carboxylic acids is 1. The van der Waals surface area contributed by atoms with Crippen molar-refractivity contribution in [3.05, 3.63) is 53.6 Å². The molecule has 0 saturated carbocycles. The average molecular weight is 446 g/mol. The zero-order chi connectivity index (χ0) is 22.4. The standard InChI is InChI=1S/C23H31N3O4S/c1-17-8-11-19(15-22(17)31(28,29)24-2)25-23(27)16-26-14-6-4-5-7-21(26)18-9-12-20(30-3)13-10-18/h8-13,15,21,24H,4-7,14,16H2,1-3H3,(H,25,27)/t21-/m0/s1. The fourth-order valence-corrected chi connectivity index (χ4v) is 5.02. The maximum absolute atomic E-state index is 12.8. The Balaban J connectivity index is 1.75. The summed E-state index contributed by atoms with van der Waals surface area (Å²) in [5.74, 6) is 0.658. The number of anilines is 1. The number of aryl methyl sites for hydroxylation is 1. The van der Waals surface area contributed by atoms with Crippen LogP contribution in [-0.4, -0.2) is 46.5 Å². The molecule has 1 fully saturated rings. The number of amides is 1. The van der Waals surface area contributed by atoms with E-state index in [-0.39, 0.29) is 23.4 Å². The highest BCUT2D eigenvalue weighted by molar-refractivity contribution is 7.89. The zero-order valence-electron chi connectivity index (χ0n) is 18.3. The minimum absolute atomic E-state index is 0.155. The summed E-state index contributed by atoms with van der Waals surface area (Å²) < 4.78 is 32.0. The Kier molecular flexibility index (Phi) is 7.69. The van der Waals surface area contributed by atoms with Gasteiger partial charge < -0.3 is 10.1 Å². The number of likely N-dealkylation sites (tertiary alicyclic amines) is 1. The Morgan fingerprint density at radius 2 is 1.87 bits per heavy atom. The molecule has 0 unspecified atom stereocenters. The highest BCUT2D eigenvalue weighted by Gasteiger charge is 2.25. The van der Waals surface area contributed by atoms with E-state index in [0.29, 0.717) is 11.3 Å². The van der Waals surface area contributed by atoms with E-state index in [1.54, 1.807) is 26.2 Å². The van der Waals surface area contributed by atoms with Gasteiger partial charge in [0.2, 0.25) is 15.9 Å². The summed E-state index contributed by atoms with van der Waals surface area (Å²) in [5, 5.41) is 2.87. The number of sulfonamides is 1. The van der Waals surface area contributed by atoms with Crippen LogP contribution in [0.1, 0.15) is 42.9 Å². The molecule has 1 aliphatic rings. The second kappa shape index (κ2) is 10.3. The molecule has 1 heterocycles. The van der Waals surface area contributed by atoms with Crippen molar-refractivity contribution in [1.82, 2.24) is 9.62 Å². The molecule has 1 aliphatic heterocycles. The summed E-state index contributed by atoms with van der Waals surface area (Å²) in [7, 11) is -0.570. The molecule has 0 spiro atoms. The van der Waals surface area contributed by atoms with Crippen LogP contribution in [-0.2, 0) is 14.8 Å². The molecule has 1 saturated heterocycles. The Labute approximate surface area is 184 Å². The quantitative estimate of drug-likeness (QED) is 0.681. The van der Waals surface area contributed by atoms with E-state index in [1.165, 1.54) is 18.7 Å². The van der Waals surface area contributed by atoms with Crippen LogP contribution in [0.15, 0.2) is 47.4 Å². The number of nitrogens with one attached hydrogen (secondary N) is 2. The van der Waals surface area contributed by atoms with E-state index < -0.39 is 10.0 Å². The van der Waals surface area contributed by atoms with E-state index in [2.05, 4.69) is 27.1 Å². The van der Waals surface area contributed by atoms with E-state index in [0.717, 1.165) is 38.0 Å². The van der Waals surface area contributed by atoms with Crippen molar-refractivity contribution >= 4 is 21.6 Å². The Hall–Kier alpha value is -2.42. The average Bonchev–Trinajstić information content (AvgIpc) is 3.00. The lowest BCUT2D eigenvalue weighted by atomic mass is 10.0. The normalized spacial score (nSPS) is 17.7. The molecule has 0 aromatic heterocycles. The molecule has 0 aliphatic carbocycles. The fraction of sp³-hybridized carbons (Fsp3) is 0.435. The monoisotopic (exact) mass is 445 g/mol. The van der Waals surface area contributed by atoms with Crippen LogP contribution < -0.4 is 14.8 Å². The third-order valence-corrected chi connectivity index (χ3v) is 7.30. The van der Waals surface area contributed by atoms with Crippen molar-refractivity contribution in [2.45, 2.75) is 43.5 Å². The molecule has 2 aromatic carbocycles. The molecule has 0 bridgehead atoms. The number of benzene rings is 2. The lowest BCUT2D eigenvalue weighted by molar-refractivity contribution is -0.117. The van der Waals surface area contributed by atoms with Gasteiger partial charge in [0.15, 0.2) is 0 Å². The van der Waals surface area contributed by atoms with E-state index >= 15 is 0 Å². The van der Waals surface area contributed by atoms with Crippen molar-refractivity contribution in [2.24, 2.45) is 0 Å². The molecule has 3 rings (SSSR count). The number of methoxy groups -OCH3 is 1. The molecule has 1 amide bonds. The topological polar surface area (TPSA) is 87.7 Å². The number of hydrogen-bond acceptors (Lipinski definition) is 5. The molecule has 1 atom stereocenters. The van der Waals surface area contributed by atoms with Gasteiger partial charge in [0.05, 0.1) is 18.6 Å². The van der Waals surface area contributed by atoms with Crippen molar-refractivity contribution in [3.63, 3.8) is 0 Å². The van der Waals surface area contributed by atoms with Gasteiger partial charge >= 0.3 is 0 Å². The third-order valence-electron chi connectivity index (χ3n) is 5.74. The SMILES string of the molecule is CNS(=O)(=O)c1cc(NC(=O)CN2CCCCC[C@H]2c2ccc(OC)cc2)ccc1C. The summed E-state index contributed by atoms with van der Waals surface area (Å²) in [4.78, 5) is 15.2. The minimum atomic E-state index is -3.59. The van der Waals surface area contributed by atoms with Gasteiger partial charge in [0.1, 0.15) is 5.75 Å². The smallest absolute Gasteiger partial charge is 0.240 e. The van der Waals surface area contributed by atoms with Crippen LogP contribution in [0.25, 0.3) is 0 Å². The van der Waals surface area contributed by atoms with Gasteiger partial charge in [-0.05, 0) is 68.8 Å². The molecular weight excluding hydrogens is 414 g/mol.